The number of oxime groups is 1. The first-order chi connectivity index (χ1) is 12.1. The predicted molar refractivity (Wildman–Crippen MR) is 95.9 cm³/mol. The second-order valence-corrected chi connectivity index (χ2v) is 7.95. The molecule has 2 aromatic rings. The van der Waals surface area contributed by atoms with Gasteiger partial charge >= 0.3 is 0 Å². The first kappa shape index (κ1) is 17.8. The minimum atomic E-state index is -3.54. The fourth-order valence-corrected chi connectivity index (χ4v) is 3.99. The summed E-state index contributed by atoms with van der Waals surface area (Å²) in [5, 5.41) is 4.89. The summed E-state index contributed by atoms with van der Waals surface area (Å²) in [7, 11) is -3.54. The molecule has 8 heteroatoms. The lowest BCUT2D eigenvalue weighted by molar-refractivity contribution is 0.128. The highest BCUT2D eigenvalue weighted by Gasteiger charge is 2.28. The molecule has 1 aliphatic rings. The van der Waals surface area contributed by atoms with Crippen molar-refractivity contribution in [2.75, 3.05) is 13.1 Å². The Morgan fingerprint density at radius 2 is 1.84 bits per heavy atom. The zero-order valence-electron chi connectivity index (χ0n) is 13.5. The highest BCUT2D eigenvalue weighted by atomic mass is 35.5. The van der Waals surface area contributed by atoms with Crippen molar-refractivity contribution >= 4 is 27.3 Å². The summed E-state index contributed by atoms with van der Waals surface area (Å²) >= 11 is 5.84. The SMILES string of the molecule is O=S(=O)(c1ccccn1)N1CCC(=NOCc2ccc(Cl)cc2)CC1. The number of nitrogens with zero attached hydrogens (tertiary/aromatic N) is 3. The Bertz CT molecular complexity index is 829. The van der Waals surface area contributed by atoms with Crippen molar-refractivity contribution in [2.45, 2.75) is 24.5 Å². The number of rotatable bonds is 5. The number of pyridine rings is 1. The summed E-state index contributed by atoms with van der Waals surface area (Å²) in [4.78, 5) is 9.31. The average Bonchev–Trinajstić information content (AvgIpc) is 2.64. The Hall–Kier alpha value is -1.96. The number of benzene rings is 1. The molecule has 0 N–H and O–H groups in total. The van der Waals surface area contributed by atoms with E-state index in [2.05, 4.69) is 10.1 Å². The lowest BCUT2D eigenvalue weighted by atomic mass is 10.1. The van der Waals surface area contributed by atoms with Crippen LogP contribution >= 0.6 is 11.6 Å². The molecule has 2 heterocycles. The molecule has 132 valence electrons. The molecule has 1 saturated heterocycles. The normalized spacial score (nSPS) is 15.8. The van der Waals surface area contributed by atoms with Gasteiger partial charge in [0.15, 0.2) is 5.03 Å². The van der Waals surface area contributed by atoms with Crippen LogP contribution in [0.25, 0.3) is 0 Å². The third kappa shape index (κ3) is 4.56. The standard InChI is InChI=1S/C17H18ClN3O3S/c18-15-6-4-14(5-7-15)13-24-20-16-8-11-21(12-9-16)25(22,23)17-3-1-2-10-19-17/h1-7,10H,8-9,11-13H2. The van der Waals surface area contributed by atoms with Gasteiger partial charge in [-0.2, -0.15) is 4.31 Å². The molecule has 0 amide bonds. The van der Waals surface area contributed by atoms with Crippen LogP contribution in [-0.2, 0) is 21.5 Å². The van der Waals surface area contributed by atoms with Crippen LogP contribution in [0.15, 0.2) is 58.8 Å². The lowest BCUT2D eigenvalue weighted by Crippen LogP contribution is -2.39. The topological polar surface area (TPSA) is 71.9 Å². The van der Waals surface area contributed by atoms with E-state index in [9.17, 15) is 8.42 Å². The predicted octanol–water partition coefficient (Wildman–Crippen LogP) is 3.09. The van der Waals surface area contributed by atoms with Crippen molar-refractivity contribution in [1.82, 2.24) is 9.29 Å². The van der Waals surface area contributed by atoms with Crippen LogP contribution in [0.4, 0.5) is 0 Å². The molecule has 3 rings (SSSR count). The van der Waals surface area contributed by atoms with Gasteiger partial charge in [-0.05, 0) is 29.8 Å². The molecule has 25 heavy (non-hydrogen) atoms. The quantitative estimate of drug-likeness (QED) is 0.748. The minimum Gasteiger partial charge on any atom is -0.391 e. The largest absolute Gasteiger partial charge is 0.391 e. The number of halogens is 1. The summed E-state index contributed by atoms with van der Waals surface area (Å²) in [5.41, 5.74) is 1.84. The Morgan fingerprint density at radius 3 is 2.48 bits per heavy atom. The van der Waals surface area contributed by atoms with Crippen molar-refractivity contribution in [2.24, 2.45) is 5.16 Å². The summed E-state index contributed by atoms with van der Waals surface area (Å²) in [6.45, 7) is 1.11. The number of sulfonamides is 1. The van der Waals surface area contributed by atoms with E-state index in [1.54, 1.807) is 24.3 Å². The fraction of sp³-hybridized carbons (Fsp3) is 0.294. The molecule has 0 saturated carbocycles. The number of hydrogen-bond acceptors (Lipinski definition) is 5. The lowest BCUT2D eigenvalue weighted by Gasteiger charge is -2.26. The third-order valence-corrected chi connectivity index (χ3v) is 5.95. The van der Waals surface area contributed by atoms with Crippen molar-refractivity contribution in [3.05, 3.63) is 59.2 Å². The van der Waals surface area contributed by atoms with Gasteiger partial charge in [0.05, 0.1) is 5.71 Å². The smallest absolute Gasteiger partial charge is 0.260 e. The van der Waals surface area contributed by atoms with E-state index in [1.807, 2.05) is 12.1 Å². The molecule has 0 spiro atoms. The van der Waals surface area contributed by atoms with Crippen molar-refractivity contribution < 1.29 is 13.3 Å². The van der Waals surface area contributed by atoms with Gasteiger partial charge < -0.3 is 4.84 Å². The minimum absolute atomic E-state index is 0.0781. The Kier molecular flexibility index (Phi) is 5.67. The van der Waals surface area contributed by atoms with E-state index >= 15 is 0 Å². The van der Waals surface area contributed by atoms with Crippen LogP contribution in [0.1, 0.15) is 18.4 Å². The van der Waals surface area contributed by atoms with E-state index in [4.69, 9.17) is 16.4 Å². The summed E-state index contributed by atoms with van der Waals surface area (Å²) in [6, 6.07) is 12.2. The van der Waals surface area contributed by atoms with E-state index in [1.165, 1.54) is 16.6 Å². The maximum atomic E-state index is 12.5. The highest BCUT2D eigenvalue weighted by Crippen LogP contribution is 2.18. The van der Waals surface area contributed by atoms with E-state index in [0.29, 0.717) is 37.6 Å². The van der Waals surface area contributed by atoms with Crippen molar-refractivity contribution in [3.63, 3.8) is 0 Å². The van der Waals surface area contributed by atoms with Gasteiger partial charge in [-0.15, -0.1) is 0 Å². The highest BCUT2D eigenvalue weighted by molar-refractivity contribution is 7.89. The van der Waals surface area contributed by atoms with Crippen molar-refractivity contribution in [1.29, 1.82) is 0 Å². The van der Waals surface area contributed by atoms with Crippen LogP contribution in [0.5, 0.6) is 0 Å². The maximum absolute atomic E-state index is 12.5. The molecule has 0 aliphatic carbocycles. The van der Waals surface area contributed by atoms with Crippen molar-refractivity contribution in [3.8, 4) is 0 Å². The van der Waals surface area contributed by atoms with Crippen LogP contribution in [0.2, 0.25) is 5.02 Å². The molecule has 0 bridgehead atoms. The number of hydrogen-bond donors (Lipinski definition) is 0. The Labute approximate surface area is 152 Å². The van der Waals surface area contributed by atoms with Gasteiger partial charge in [0.1, 0.15) is 6.61 Å². The van der Waals surface area contributed by atoms with E-state index in [0.717, 1.165) is 11.3 Å². The van der Waals surface area contributed by atoms with Crippen LogP contribution < -0.4 is 0 Å². The summed E-state index contributed by atoms with van der Waals surface area (Å²) in [5.74, 6) is 0. The summed E-state index contributed by atoms with van der Waals surface area (Å²) < 4.78 is 26.4. The molecule has 0 atom stereocenters. The average molecular weight is 380 g/mol. The summed E-state index contributed by atoms with van der Waals surface area (Å²) in [6.07, 6.45) is 2.58. The number of aromatic nitrogens is 1. The van der Waals surface area contributed by atoms with E-state index in [-0.39, 0.29) is 5.03 Å². The van der Waals surface area contributed by atoms with Gasteiger partial charge in [0.25, 0.3) is 10.0 Å². The van der Waals surface area contributed by atoms with Crippen LogP contribution in [0.3, 0.4) is 0 Å². The second kappa shape index (κ2) is 7.95. The van der Waals surface area contributed by atoms with E-state index < -0.39 is 10.0 Å². The molecule has 1 aromatic heterocycles. The Morgan fingerprint density at radius 1 is 1.12 bits per heavy atom. The van der Waals surface area contributed by atoms with Gasteiger partial charge in [-0.25, -0.2) is 13.4 Å². The molecule has 1 fully saturated rings. The van der Waals surface area contributed by atoms with Gasteiger partial charge in [0.2, 0.25) is 0 Å². The number of piperidine rings is 1. The van der Waals surface area contributed by atoms with Gasteiger partial charge in [0, 0.05) is 37.2 Å². The Balaban J connectivity index is 1.54. The third-order valence-electron chi connectivity index (χ3n) is 3.88. The molecular weight excluding hydrogens is 362 g/mol. The molecule has 1 aromatic carbocycles. The second-order valence-electron chi connectivity index (χ2n) is 5.63. The maximum Gasteiger partial charge on any atom is 0.260 e. The van der Waals surface area contributed by atoms with Gasteiger partial charge in [-0.1, -0.05) is 35.0 Å². The van der Waals surface area contributed by atoms with Crippen LogP contribution in [-0.4, -0.2) is 36.5 Å². The first-order valence-corrected chi connectivity index (χ1v) is 9.71. The molecule has 1 aliphatic heterocycles. The molecule has 6 nitrogen and oxygen atoms in total. The van der Waals surface area contributed by atoms with Gasteiger partial charge in [-0.3, -0.25) is 0 Å². The monoisotopic (exact) mass is 379 g/mol. The zero-order chi connectivity index (χ0) is 17.7. The van der Waals surface area contributed by atoms with Crippen LogP contribution in [0, 0.1) is 0 Å². The first-order valence-electron chi connectivity index (χ1n) is 7.89. The zero-order valence-corrected chi connectivity index (χ0v) is 15.1. The molecule has 0 radical (unpaired) electrons. The molecular formula is C17H18ClN3O3S. The fourth-order valence-electron chi connectivity index (χ4n) is 2.49. The molecule has 0 unspecified atom stereocenters.